The quantitative estimate of drug-likeness (QED) is 0.559. The topological polar surface area (TPSA) is 72.5 Å². The molecular weight excluding hydrogens is 262 g/mol. The minimum absolute atomic E-state index is 0.160. The van der Waals surface area contributed by atoms with Crippen LogP contribution in [0.4, 0.5) is 0 Å². The van der Waals surface area contributed by atoms with Gasteiger partial charge >= 0.3 is 5.97 Å². The smallest absolute Gasteiger partial charge is 0.336 e. The summed E-state index contributed by atoms with van der Waals surface area (Å²) in [7, 11) is 0. The fourth-order valence-electron chi connectivity index (χ4n) is 1.51. The van der Waals surface area contributed by atoms with Gasteiger partial charge in [0.25, 0.3) is 0 Å². The second-order valence-corrected chi connectivity index (χ2v) is 5.58. The Morgan fingerprint density at radius 1 is 1.42 bits per heavy atom. The van der Waals surface area contributed by atoms with Crippen LogP contribution >= 0.6 is 11.8 Å². The Morgan fingerprint density at radius 2 is 2.11 bits per heavy atom. The van der Waals surface area contributed by atoms with Crippen LogP contribution in [0, 0.1) is 0 Å². The van der Waals surface area contributed by atoms with Crippen molar-refractivity contribution in [3.05, 3.63) is 35.9 Å². The molecule has 0 aromatic heterocycles. The minimum Gasteiger partial charge on any atom is -0.459 e. The third kappa shape index (κ3) is 6.09. The Kier molecular flexibility index (Phi) is 7.55. The van der Waals surface area contributed by atoms with Gasteiger partial charge in [-0.05, 0) is 23.5 Å². The fourth-order valence-corrected chi connectivity index (χ4v) is 2.24. The first-order valence-corrected chi connectivity index (χ1v) is 7.52. The number of ether oxygens (including phenoxy) is 1. The van der Waals surface area contributed by atoms with Crippen LogP contribution in [0.25, 0.3) is 0 Å². The number of hydrogen-bond donors (Lipinski definition) is 2. The lowest BCUT2D eigenvalue weighted by molar-refractivity contribution is -0.156. The molecule has 1 aromatic rings. The molecule has 1 aromatic carbocycles. The normalized spacial score (nSPS) is 13.8. The van der Waals surface area contributed by atoms with Crippen LogP contribution < -0.4 is 5.73 Å². The Balaban J connectivity index is 2.31. The van der Waals surface area contributed by atoms with Gasteiger partial charge in [-0.15, -0.1) is 0 Å². The van der Waals surface area contributed by atoms with E-state index in [0.29, 0.717) is 6.42 Å². The van der Waals surface area contributed by atoms with Crippen molar-refractivity contribution in [1.29, 1.82) is 0 Å². The van der Waals surface area contributed by atoms with E-state index in [2.05, 4.69) is 6.92 Å². The highest BCUT2D eigenvalue weighted by Gasteiger charge is 2.24. The second kappa shape index (κ2) is 8.96. The van der Waals surface area contributed by atoms with Gasteiger partial charge in [0.05, 0.1) is 0 Å². The average molecular weight is 283 g/mol. The van der Waals surface area contributed by atoms with E-state index in [1.165, 1.54) is 0 Å². The van der Waals surface area contributed by atoms with E-state index in [4.69, 9.17) is 10.5 Å². The lowest BCUT2D eigenvalue weighted by atomic mass is 10.1. The van der Waals surface area contributed by atoms with Crippen molar-refractivity contribution in [1.82, 2.24) is 0 Å². The summed E-state index contributed by atoms with van der Waals surface area (Å²) in [6.45, 7) is 2.22. The second-order valence-electron chi connectivity index (χ2n) is 4.19. The molecule has 0 amide bonds. The lowest BCUT2D eigenvalue weighted by Gasteiger charge is -2.17. The van der Waals surface area contributed by atoms with Gasteiger partial charge in [0.2, 0.25) is 0 Å². The van der Waals surface area contributed by atoms with Gasteiger partial charge in [0.1, 0.15) is 6.61 Å². The molecule has 1 unspecified atom stereocenters. The maximum atomic E-state index is 11.6. The molecule has 0 aliphatic rings. The van der Waals surface area contributed by atoms with Crippen molar-refractivity contribution in [3.63, 3.8) is 0 Å². The van der Waals surface area contributed by atoms with Crippen molar-refractivity contribution in [2.45, 2.75) is 32.1 Å². The Labute approximate surface area is 118 Å². The molecule has 0 bridgehead atoms. The maximum Gasteiger partial charge on any atom is 0.336 e. The summed E-state index contributed by atoms with van der Waals surface area (Å²) in [5.74, 6) is 1.18. The number of carbonyl (C=O) groups excluding carboxylic acids is 1. The Hall–Kier alpha value is -1.04. The zero-order valence-electron chi connectivity index (χ0n) is 11.1. The zero-order chi connectivity index (χ0) is 14.1. The van der Waals surface area contributed by atoms with Gasteiger partial charge in [0.15, 0.2) is 6.10 Å². The van der Waals surface area contributed by atoms with Crippen LogP contribution in [0.1, 0.15) is 18.9 Å². The van der Waals surface area contributed by atoms with Crippen molar-refractivity contribution in [2.75, 3.05) is 11.5 Å². The molecule has 0 aliphatic heterocycles. The zero-order valence-corrected chi connectivity index (χ0v) is 11.9. The number of rotatable bonds is 8. The molecule has 5 heteroatoms. The van der Waals surface area contributed by atoms with Crippen LogP contribution in [0.5, 0.6) is 0 Å². The SMILES string of the molecule is CCSCC[C@@H](N)C(O)C(=O)OCc1ccccc1. The molecule has 0 saturated heterocycles. The number of carbonyl (C=O) groups is 1. The highest BCUT2D eigenvalue weighted by atomic mass is 32.2. The van der Waals surface area contributed by atoms with Gasteiger partial charge in [-0.1, -0.05) is 37.3 Å². The highest BCUT2D eigenvalue weighted by molar-refractivity contribution is 7.99. The molecule has 19 heavy (non-hydrogen) atoms. The first kappa shape index (κ1) is 16.0. The number of hydrogen-bond acceptors (Lipinski definition) is 5. The number of benzene rings is 1. The molecular formula is C14H21NO3S. The first-order valence-electron chi connectivity index (χ1n) is 6.37. The molecule has 0 saturated carbocycles. The van der Waals surface area contributed by atoms with Gasteiger partial charge in [-0.25, -0.2) is 4.79 Å². The third-order valence-corrected chi connectivity index (χ3v) is 3.60. The molecule has 0 fully saturated rings. The number of aliphatic hydroxyl groups excluding tert-OH is 1. The van der Waals surface area contributed by atoms with E-state index in [0.717, 1.165) is 17.1 Å². The number of esters is 1. The Bertz CT molecular complexity index is 372. The van der Waals surface area contributed by atoms with Crippen molar-refractivity contribution in [3.8, 4) is 0 Å². The molecule has 2 atom stereocenters. The van der Waals surface area contributed by atoms with E-state index in [1.54, 1.807) is 11.8 Å². The standard InChI is InChI=1S/C14H21NO3S/c1-2-19-9-8-12(15)13(16)14(17)18-10-11-6-4-3-5-7-11/h3-7,12-13,16H,2,8-10,15H2,1H3/t12-,13?/m1/s1. The number of nitrogens with two attached hydrogens (primary N) is 1. The van der Waals surface area contributed by atoms with Crippen molar-refractivity contribution in [2.24, 2.45) is 5.73 Å². The fraction of sp³-hybridized carbons (Fsp3) is 0.500. The molecule has 4 nitrogen and oxygen atoms in total. The van der Waals surface area contributed by atoms with E-state index < -0.39 is 18.1 Å². The summed E-state index contributed by atoms with van der Waals surface area (Å²) < 4.78 is 5.04. The summed E-state index contributed by atoms with van der Waals surface area (Å²) in [4.78, 5) is 11.6. The molecule has 0 heterocycles. The predicted octanol–water partition coefficient (Wildman–Crippen LogP) is 1.56. The molecule has 0 aliphatic carbocycles. The minimum atomic E-state index is -1.25. The molecule has 106 valence electrons. The van der Waals surface area contributed by atoms with Gasteiger partial charge in [0, 0.05) is 6.04 Å². The van der Waals surface area contributed by atoms with E-state index in [1.807, 2.05) is 30.3 Å². The van der Waals surface area contributed by atoms with Gasteiger partial charge < -0.3 is 15.6 Å². The molecule has 3 N–H and O–H groups in total. The van der Waals surface area contributed by atoms with Crippen LogP contribution in [-0.2, 0) is 16.1 Å². The highest BCUT2D eigenvalue weighted by Crippen LogP contribution is 2.08. The summed E-state index contributed by atoms with van der Waals surface area (Å²) in [6, 6.07) is 8.78. The lowest BCUT2D eigenvalue weighted by Crippen LogP contribution is -2.41. The Morgan fingerprint density at radius 3 is 2.74 bits per heavy atom. The third-order valence-electron chi connectivity index (χ3n) is 2.67. The monoisotopic (exact) mass is 283 g/mol. The van der Waals surface area contributed by atoms with Gasteiger partial charge in [-0.2, -0.15) is 11.8 Å². The van der Waals surface area contributed by atoms with Crippen LogP contribution in [0.3, 0.4) is 0 Å². The molecule has 0 radical (unpaired) electrons. The van der Waals surface area contributed by atoms with Crippen molar-refractivity contribution < 1.29 is 14.6 Å². The summed E-state index contributed by atoms with van der Waals surface area (Å²) in [6.07, 6.45) is -0.652. The maximum absolute atomic E-state index is 11.6. The summed E-state index contributed by atoms with van der Waals surface area (Å²) in [5.41, 5.74) is 6.65. The largest absolute Gasteiger partial charge is 0.459 e. The molecule has 1 rings (SSSR count). The predicted molar refractivity (Wildman–Crippen MR) is 77.8 cm³/mol. The van der Waals surface area contributed by atoms with Crippen LogP contribution in [-0.4, -0.2) is 34.7 Å². The summed E-state index contributed by atoms with van der Waals surface area (Å²) in [5, 5.41) is 9.75. The van der Waals surface area contributed by atoms with E-state index >= 15 is 0 Å². The molecule has 0 spiro atoms. The number of aliphatic hydroxyl groups is 1. The van der Waals surface area contributed by atoms with Crippen LogP contribution in [0.15, 0.2) is 30.3 Å². The van der Waals surface area contributed by atoms with Gasteiger partial charge in [-0.3, -0.25) is 0 Å². The average Bonchev–Trinajstić information content (AvgIpc) is 2.45. The first-order chi connectivity index (χ1) is 9.15. The van der Waals surface area contributed by atoms with E-state index in [-0.39, 0.29) is 6.61 Å². The summed E-state index contributed by atoms with van der Waals surface area (Å²) >= 11 is 1.73. The van der Waals surface area contributed by atoms with Crippen LogP contribution in [0.2, 0.25) is 0 Å². The van der Waals surface area contributed by atoms with E-state index in [9.17, 15) is 9.90 Å². The number of thioether (sulfide) groups is 1. The van der Waals surface area contributed by atoms with Crippen molar-refractivity contribution >= 4 is 17.7 Å².